The Balaban J connectivity index is 1.65. The molecule has 1 atom stereocenters. The number of ether oxygens (including phenoxy) is 1. The minimum Gasteiger partial charge on any atom is -0.491 e. The standard InChI is InChI=1S/C23H30ClN5O5/c1-3-19-27-21(34-28-19)8-9-22(31)29-11-5-4-10-25-23(32)17-12-16(24)6-7-18(17)33-14-15(2)26-20(30)13-29/h6-7,12,15H,3-5,8-11,13-14H2,1-2H3,(H,25,32)(H,26,30)/t15-/m1/s1. The molecule has 184 valence electrons. The molecule has 2 heterocycles. The molecule has 1 aliphatic rings. The number of nitrogens with zero attached hydrogens (tertiary/aromatic N) is 3. The minimum atomic E-state index is -0.341. The molecular formula is C23H30ClN5O5. The van der Waals surface area contributed by atoms with Gasteiger partial charge in [-0.2, -0.15) is 4.98 Å². The molecule has 2 aromatic rings. The van der Waals surface area contributed by atoms with Gasteiger partial charge in [0.15, 0.2) is 5.82 Å². The molecule has 0 saturated heterocycles. The van der Waals surface area contributed by atoms with Crippen LogP contribution >= 0.6 is 11.6 Å². The van der Waals surface area contributed by atoms with Crippen LogP contribution in [0.15, 0.2) is 22.7 Å². The van der Waals surface area contributed by atoms with E-state index in [9.17, 15) is 14.4 Å². The van der Waals surface area contributed by atoms with Crippen LogP contribution in [0.3, 0.4) is 0 Å². The number of carbonyl (C=O) groups is 3. The van der Waals surface area contributed by atoms with Gasteiger partial charge < -0.3 is 24.8 Å². The van der Waals surface area contributed by atoms with Gasteiger partial charge in [0, 0.05) is 37.4 Å². The zero-order chi connectivity index (χ0) is 24.5. The van der Waals surface area contributed by atoms with Crippen LogP contribution in [0.4, 0.5) is 0 Å². The third-order valence-electron chi connectivity index (χ3n) is 5.29. The summed E-state index contributed by atoms with van der Waals surface area (Å²) in [4.78, 5) is 43.9. The number of rotatable bonds is 4. The number of carbonyl (C=O) groups excluding carboxylic acids is 3. The van der Waals surface area contributed by atoms with Crippen LogP contribution in [0.2, 0.25) is 5.02 Å². The molecule has 0 saturated carbocycles. The molecule has 10 nitrogen and oxygen atoms in total. The van der Waals surface area contributed by atoms with E-state index in [1.54, 1.807) is 25.1 Å². The maximum Gasteiger partial charge on any atom is 0.255 e. The second kappa shape index (κ2) is 12.4. The minimum absolute atomic E-state index is 0.0637. The molecule has 0 spiro atoms. The van der Waals surface area contributed by atoms with Gasteiger partial charge in [-0.05, 0) is 38.0 Å². The van der Waals surface area contributed by atoms with E-state index >= 15 is 0 Å². The van der Waals surface area contributed by atoms with E-state index in [-0.39, 0.29) is 43.3 Å². The van der Waals surface area contributed by atoms with E-state index in [0.717, 1.165) is 0 Å². The molecule has 0 unspecified atom stereocenters. The second-order valence-electron chi connectivity index (χ2n) is 8.16. The molecule has 0 fully saturated rings. The third-order valence-corrected chi connectivity index (χ3v) is 5.52. The molecular weight excluding hydrogens is 462 g/mol. The van der Waals surface area contributed by atoms with Gasteiger partial charge >= 0.3 is 0 Å². The third kappa shape index (κ3) is 7.44. The molecule has 34 heavy (non-hydrogen) atoms. The van der Waals surface area contributed by atoms with E-state index in [1.807, 2.05) is 6.92 Å². The molecule has 1 aromatic carbocycles. The summed E-state index contributed by atoms with van der Waals surface area (Å²) >= 11 is 6.06. The average Bonchev–Trinajstić information content (AvgIpc) is 3.28. The summed E-state index contributed by atoms with van der Waals surface area (Å²) in [7, 11) is 0. The van der Waals surface area contributed by atoms with Gasteiger partial charge in [-0.15, -0.1) is 0 Å². The van der Waals surface area contributed by atoms with Crippen molar-refractivity contribution in [2.75, 3.05) is 26.2 Å². The summed E-state index contributed by atoms with van der Waals surface area (Å²) < 4.78 is 10.9. The molecule has 2 N–H and O–H groups in total. The Labute approximate surface area is 203 Å². The number of hydrogen-bond acceptors (Lipinski definition) is 7. The molecule has 11 heteroatoms. The topological polar surface area (TPSA) is 127 Å². The van der Waals surface area contributed by atoms with E-state index in [4.69, 9.17) is 20.9 Å². The monoisotopic (exact) mass is 491 g/mol. The van der Waals surface area contributed by atoms with Gasteiger partial charge in [0.1, 0.15) is 12.4 Å². The van der Waals surface area contributed by atoms with Crippen LogP contribution in [0, 0.1) is 0 Å². The average molecular weight is 492 g/mol. The molecule has 0 aliphatic carbocycles. The van der Waals surface area contributed by atoms with Crippen LogP contribution in [0.5, 0.6) is 5.75 Å². The highest BCUT2D eigenvalue weighted by molar-refractivity contribution is 6.31. The Morgan fingerprint density at radius 2 is 2.12 bits per heavy atom. The summed E-state index contributed by atoms with van der Waals surface area (Å²) in [5.41, 5.74) is 0.338. The first-order chi connectivity index (χ1) is 16.4. The fourth-order valence-corrected chi connectivity index (χ4v) is 3.65. The molecule has 1 aromatic heterocycles. The van der Waals surface area contributed by atoms with Crippen LogP contribution in [0.1, 0.15) is 55.2 Å². The lowest BCUT2D eigenvalue weighted by molar-refractivity contribution is -0.136. The lowest BCUT2D eigenvalue weighted by Gasteiger charge is -2.23. The normalized spacial score (nSPS) is 18.1. The van der Waals surface area contributed by atoms with Crippen molar-refractivity contribution >= 4 is 29.3 Å². The van der Waals surface area contributed by atoms with Gasteiger partial charge in [-0.25, -0.2) is 0 Å². The van der Waals surface area contributed by atoms with Gasteiger partial charge in [0.2, 0.25) is 17.7 Å². The van der Waals surface area contributed by atoms with Crippen molar-refractivity contribution in [3.63, 3.8) is 0 Å². The van der Waals surface area contributed by atoms with Crippen LogP contribution in [-0.4, -0.2) is 65.0 Å². The zero-order valence-corrected chi connectivity index (χ0v) is 20.2. The molecule has 3 rings (SSSR count). The number of nitrogens with one attached hydrogen (secondary N) is 2. The maximum atomic E-state index is 12.9. The molecule has 3 amide bonds. The van der Waals surface area contributed by atoms with Gasteiger partial charge in [-0.3, -0.25) is 14.4 Å². The SMILES string of the molecule is CCc1noc(CCC(=O)N2CCCCNC(=O)c3cc(Cl)ccc3OC[C@@H](C)NC(=O)C2)n1. The first-order valence-corrected chi connectivity index (χ1v) is 11.8. The zero-order valence-electron chi connectivity index (χ0n) is 19.4. The highest BCUT2D eigenvalue weighted by Gasteiger charge is 2.21. The summed E-state index contributed by atoms with van der Waals surface area (Å²) in [5.74, 6) is 0.645. The van der Waals surface area contributed by atoms with Crippen molar-refractivity contribution in [3.8, 4) is 5.75 Å². The number of hydrogen-bond donors (Lipinski definition) is 2. The predicted octanol–water partition coefficient (Wildman–Crippen LogP) is 2.15. The van der Waals surface area contributed by atoms with Gasteiger partial charge in [0.05, 0.1) is 18.2 Å². The quantitative estimate of drug-likeness (QED) is 0.670. The Bertz CT molecular complexity index is 1010. The molecule has 0 radical (unpaired) electrons. The lowest BCUT2D eigenvalue weighted by atomic mass is 10.1. The van der Waals surface area contributed by atoms with Gasteiger partial charge in [-0.1, -0.05) is 23.7 Å². The highest BCUT2D eigenvalue weighted by atomic mass is 35.5. The summed E-state index contributed by atoms with van der Waals surface area (Å²) in [6, 6.07) is 4.50. The fourth-order valence-electron chi connectivity index (χ4n) is 3.48. The van der Waals surface area contributed by atoms with Crippen molar-refractivity contribution < 1.29 is 23.6 Å². The van der Waals surface area contributed by atoms with Crippen molar-refractivity contribution in [1.82, 2.24) is 25.7 Å². The van der Waals surface area contributed by atoms with E-state index in [0.29, 0.717) is 66.8 Å². The van der Waals surface area contributed by atoms with Crippen LogP contribution in [0.25, 0.3) is 0 Å². The lowest BCUT2D eigenvalue weighted by Crippen LogP contribution is -2.45. The van der Waals surface area contributed by atoms with Crippen LogP contribution in [-0.2, 0) is 22.4 Å². The van der Waals surface area contributed by atoms with Crippen molar-refractivity contribution in [3.05, 3.63) is 40.5 Å². The largest absolute Gasteiger partial charge is 0.491 e. The summed E-state index contributed by atoms with van der Waals surface area (Å²) in [6.07, 6.45) is 2.37. The molecule has 1 aliphatic heterocycles. The number of amides is 3. The summed E-state index contributed by atoms with van der Waals surface area (Å²) in [5, 5.41) is 9.97. The van der Waals surface area contributed by atoms with Gasteiger partial charge in [0.25, 0.3) is 5.91 Å². The van der Waals surface area contributed by atoms with Crippen molar-refractivity contribution in [1.29, 1.82) is 0 Å². The van der Waals surface area contributed by atoms with Crippen molar-refractivity contribution in [2.24, 2.45) is 0 Å². The number of halogens is 1. The maximum absolute atomic E-state index is 12.9. The Morgan fingerprint density at radius 1 is 1.29 bits per heavy atom. The van der Waals surface area contributed by atoms with E-state index < -0.39 is 0 Å². The Hall–Kier alpha value is -3.14. The second-order valence-corrected chi connectivity index (χ2v) is 8.59. The van der Waals surface area contributed by atoms with Crippen molar-refractivity contribution in [2.45, 2.75) is 52.0 Å². The Morgan fingerprint density at radius 3 is 2.88 bits per heavy atom. The smallest absolute Gasteiger partial charge is 0.255 e. The number of aryl methyl sites for hydroxylation is 2. The molecule has 0 bridgehead atoms. The number of benzene rings is 1. The Kier molecular flexibility index (Phi) is 9.26. The van der Waals surface area contributed by atoms with E-state index in [2.05, 4.69) is 20.8 Å². The first kappa shape index (κ1) is 25.5. The number of aromatic nitrogens is 2. The van der Waals surface area contributed by atoms with Crippen LogP contribution < -0.4 is 15.4 Å². The highest BCUT2D eigenvalue weighted by Crippen LogP contribution is 2.23. The predicted molar refractivity (Wildman–Crippen MR) is 125 cm³/mol. The first-order valence-electron chi connectivity index (χ1n) is 11.4. The number of fused-ring (bicyclic) bond motifs is 1. The fraction of sp³-hybridized carbons (Fsp3) is 0.522. The van der Waals surface area contributed by atoms with E-state index in [1.165, 1.54) is 4.90 Å². The summed E-state index contributed by atoms with van der Waals surface area (Å²) in [6.45, 7) is 4.60.